The molecule has 2 rings (SSSR count). The van der Waals surface area contributed by atoms with Crippen molar-refractivity contribution in [3.63, 3.8) is 0 Å². The van der Waals surface area contributed by atoms with Crippen LogP contribution in [0.1, 0.15) is 11.6 Å². The molecule has 1 aromatic carbocycles. The van der Waals surface area contributed by atoms with Gasteiger partial charge in [-0.05, 0) is 5.56 Å². The quantitative estimate of drug-likeness (QED) is 0.717. The van der Waals surface area contributed by atoms with Gasteiger partial charge in [0.05, 0.1) is 18.9 Å². The smallest absolute Gasteiger partial charge is 0.312 e. The van der Waals surface area contributed by atoms with E-state index >= 15 is 0 Å². The highest BCUT2D eigenvalue weighted by Gasteiger charge is 2.15. The molecule has 0 bridgehead atoms. The molecule has 7 heteroatoms. The molecule has 0 saturated carbocycles. The first-order valence-electron chi connectivity index (χ1n) is 6.48. The van der Waals surface area contributed by atoms with Crippen molar-refractivity contribution in [1.82, 2.24) is 20.2 Å². The zero-order valence-electron chi connectivity index (χ0n) is 11.4. The molecule has 0 aliphatic heterocycles. The number of amides is 3. The van der Waals surface area contributed by atoms with E-state index in [4.69, 9.17) is 5.73 Å². The number of imidazole rings is 1. The highest BCUT2D eigenvalue weighted by Crippen LogP contribution is 2.14. The minimum absolute atomic E-state index is 0.150. The molecule has 110 valence electrons. The lowest BCUT2D eigenvalue weighted by Crippen LogP contribution is -2.41. The second kappa shape index (κ2) is 7.09. The van der Waals surface area contributed by atoms with Crippen LogP contribution in [-0.2, 0) is 11.3 Å². The Morgan fingerprint density at radius 3 is 2.67 bits per heavy atom. The summed E-state index contributed by atoms with van der Waals surface area (Å²) in [4.78, 5) is 26.5. The number of carbonyl (C=O) groups excluding carboxylic acids is 2. The van der Waals surface area contributed by atoms with Crippen LogP contribution in [0, 0.1) is 0 Å². The summed E-state index contributed by atoms with van der Waals surface area (Å²) < 4.78 is 1.87. The summed E-state index contributed by atoms with van der Waals surface area (Å²) >= 11 is 0. The van der Waals surface area contributed by atoms with E-state index in [9.17, 15) is 9.59 Å². The van der Waals surface area contributed by atoms with Gasteiger partial charge in [0.2, 0.25) is 5.91 Å². The Hall–Kier alpha value is -2.83. The lowest BCUT2D eigenvalue weighted by atomic mass is 10.1. The van der Waals surface area contributed by atoms with E-state index in [1.807, 2.05) is 41.1 Å². The standard InChI is InChI=1S/C14H17N5O2/c15-14(21)17-8-13(20)18-12(9-19-7-6-16-10-19)11-4-2-1-3-5-11/h1-7,10,12H,8-9H2,(H,18,20)(H3,15,17,21). The molecule has 4 N–H and O–H groups in total. The molecule has 0 aliphatic rings. The second-order valence-electron chi connectivity index (χ2n) is 4.51. The van der Waals surface area contributed by atoms with Crippen molar-refractivity contribution in [3.05, 3.63) is 54.6 Å². The van der Waals surface area contributed by atoms with Gasteiger partial charge in [-0.2, -0.15) is 0 Å². The van der Waals surface area contributed by atoms with Gasteiger partial charge in [-0.3, -0.25) is 4.79 Å². The predicted octanol–water partition coefficient (Wildman–Crippen LogP) is 0.409. The Balaban J connectivity index is 2.05. The number of carbonyl (C=O) groups is 2. The van der Waals surface area contributed by atoms with Gasteiger partial charge >= 0.3 is 6.03 Å². The number of aromatic nitrogens is 2. The van der Waals surface area contributed by atoms with Crippen molar-refractivity contribution in [3.8, 4) is 0 Å². The van der Waals surface area contributed by atoms with Gasteiger partial charge in [-0.15, -0.1) is 0 Å². The zero-order valence-corrected chi connectivity index (χ0v) is 11.4. The fraction of sp³-hybridized carbons (Fsp3) is 0.214. The van der Waals surface area contributed by atoms with Crippen molar-refractivity contribution >= 4 is 11.9 Å². The van der Waals surface area contributed by atoms with Crippen LogP contribution < -0.4 is 16.4 Å². The van der Waals surface area contributed by atoms with Crippen LogP contribution in [0.2, 0.25) is 0 Å². The van der Waals surface area contributed by atoms with E-state index in [1.165, 1.54) is 0 Å². The van der Waals surface area contributed by atoms with E-state index in [1.54, 1.807) is 12.5 Å². The van der Waals surface area contributed by atoms with Crippen molar-refractivity contribution in [2.75, 3.05) is 6.54 Å². The Bertz CT molecular complexity index is 583. The summed E-state index contributed by atoms with van der Waals surface area (Å²) in [6.07, 6.45) is 5.19. The van der Waals surface area contributed by atoms with Gasteiger partial charge in [-0.1, -0.05) is 30.3 Å². The fourth-order valence-electron chi connectivity index (χ4n) is 1.94. The summed E-state index contributed by atoms with van der Waals surface area (Å²) in [5.41, 5.74) is 5.92. The number of nitrogens with one attached hydrogen (secondary N) is 2. The minimum Gasteiger partial charge on any atom is -0.352 e. The molecule has 0 fully saturated rings. The van der Waals surface area contributed by atoms with Crippen LogP contribution in [-0.4, -0.2) is 28.0 Å². The van der Waals surface area contributed by atoms with Gasteiger partial charge in [-0.25, -0.2) is 9.78 Å². The summed E-state index contributed by atoms with van der Waals surface area (Å²) in [5.74, 6) is -0.303. The van der Waals surface area contributed by atoms with Crippen molar-refractivity contribution in [2.24, 2.45) is 5.73 Å². The van der Waals surface area contributed by atoms with Crippen LogP contribution in [0.3, 0.4) is 0 Å². The number of urea groups is 1. The van der Waals surface area contributed by atoms with E-state index in [2.05, 4.69) is 15.6 Å². The third kappa shape index (κ3) is 4.64. The third-order valence-electron chi connectivity index (χ3n) is 2.91. The lowest BCUT2D eigenvalue weighted by molar-refractivity contribution is -0.120. The highest BCUT2D eigenvalue weighted by molar-refractivity contribution is 5.83. The van der Waals surface area contributed by atoms with Crippen molar-refractivity contribution in [1.29, 1.82) is 0 Å². The summed E-state index contributed by atoms with van der Waals surface area (Å²) in [6, 6.07) is 8.65. The summed E-state index contributed by atoms with van der Waals surface area (Å²) in [7, 11) is 0. The van der Waals surface area contributed by atoms with E-state index in [-0.39, 0.29) is 18.5 Å². The van der Waals surface area contributed by atoms with Crippen LogP contribution >= 0.6 is 0 Å². The molecule has 0 saturated heterocycles. The van der Waals surface area contributed by atoms with Gasteiger partial charge < -0.3 is 20.9 Å². The minimum atomic E-state index is -0.726. The van der Waals surface area contributed by atoms with E-state index in [0.717, 1.165) is 5.56 Å². The Morgan fingerprint density at radius 2 is 2.05 bits per heavy atom. The maximum absolute atomic E-state index is 11.9. The first-order chi connectivity index (χ1) is 10.1. The fourth-order valence-corrected chi connectivity index (χ4v) is 1.94. The molecule has 2 aromatic rings. The molecule has 1 heterocycles. The molecule has 21 heavy (non-hydrogen) atoms. The van der Waals surface area contributed by atoms with Crippen LogP contribution in [0.5, 0.6) is 0 Å². The normalized spacial score (nSPS) is 11.6. The molecule has 7 nitrogen and oxygen atoms in total. The molecule has 3 amide bonds. The molecule has 0 spiro atoms. The van der Waals surface area contributed by atoms with Gasteiger partial charge in [0, 0.05) is 18.9 Å². The predicted molar refractivity (Wildman–Crippen MR) is 77.1 cm³/mol. The number of hydrogen-bond donors (Lipinski definition) is 3. The SMILES string of the molecule is NC(=O)NCC(=O)NC(Cn1ccnc1)c1ccccc1. The molecule has 1 atom stereocenters. The average Bonchev–Trinajstić information content (AvgIpc) is 2.98. The summed E-state index contributed by atoms with van der Waals surface area (Å²) in [5, 5.41) is 5.14. The Morgan fingerprint density at radius 1 is 1.29 bits per heavy atom. The van der Waals surface area contributed by atoms with Gasteiger partial charge in [0.25, 0.3) is 0 Å². The van der Waals surface area contributed by atoms with Gasteiger partial charge in [0.15, 0.2) is 0 Å². The first kappa shape index (κ1) is 14.6. The number of rotatable bonds is 6. The summed E-state index contributed by atoms with van der Waals surface area (Å²) in [6.45, 7) is 0.398. The molecule has 1 unspecified atom stereocenters. The highest BCUT2D eigenvalue weighted by atomic mass is 16.2. The number of benzene rings is 1. The van der Waals surface area contributed by atoms with E-state index in [0.29, 0.717) is 6.54 Å². The molecular formula is C14H17N5O2. The first-order valence-corrected chi connectivity index (χ1v) is 6.48. The third-order valence-corrected chi connectivity index (χ3v) is 2.91. The molecule has 1 aromatic heterocycles. The maximum Gasteiger partial charge on any atom is 0.312 e. The largest absolute Gasteiger partial charge is 0.352 e. The van der Waals surface area contributed by atoms with Crippen LogP contribution in [0.15, 0.2) is 49.1 Å². The van der Waals surface area contributed by atoms with Crippen molar-refractivity contribution < 1.29 is 9.59 Å². The zero-order chi connectivity index (χ0) is 15.1. The molecule has 0 radical (unpaired) electrons. The lowest BCUT2D eigenvalue weighted by Gasteiger charge is -2.20. The van der Waals surface area contributed by atoms with Gasteiger partial charge in [0.1, 0.15) is 0 Å². The van der Waals surface area contributed by atoms with E-state index < -0.39 is 6.03 Å². The Kier molecular flexibility index (Phi) is 4.92. The van der Waals surface area contributed by atoms with Crippen LogP contribution in [0.4, 0.5) is 4.79 Å². The molecular weight excluding hydrogens is 270 g/mol. The number of hydrogen-bond acceptors (Lipinski definition) is 3. The Labute approximate surface area is 122 Å². The topological polar surface area (TPSA) is 102 Å². The maximum atomic E-state index is 11.9. The number of nitrogens with zero attached hydrogens (tertiary/aromatic N) is 2. The van der Waals surface area contributed by atoms with Crippen molar-refractivity contribution in [2.45, 2.75) is 12.6 Å². The number of nitrogens with two attached hydrogens (primary N) is 1. The molecule has 0 aliphatic carbocycles. The van der Waals surface area contributed by atoms with Crippen LogP contribution in [0.25, 0.3) is 0 Å². The second-order valence-corrected chi connectivity index (χ2v) is 4.51. The monoisotopic (exact) mass is 287 g/mol. The average molecular weight is 287 g/mol. The number of primary amides is 1.